The highest BCUT2D eigenvalue weighted by molar-refractivity contribution is 5.22. The lowest BCUT2D eigenvalue weighted by atomic mass is 9.73. The summed E-state index contributed by atoms with van der Waals surface area (Å²) in [4.78, 5) is 0. The third-order valence-corrected chi connectivity index (χ3v) is 5.30. The molecule has 108 valence electrons. The molecule has 1 aromatic rings. The van der Waals surface area contributed by atoms with Gasteiger partial charge in [-0.2, -0.15) is 0 Å². The monoisotopic (exact) mass is 272 g/mol. The number of hydrogen-bond donors (Lipinski definition) is 0. The molecule has 20 heavy (non-hydrogen) atoms. The number of halogens is 1. The first-order valence-corrected chi connectivity index (χ1v) is 8.17. The van der Waals surface area contributed by atoms with Crippen LogP contribution < -0.4 is 0 Å². The van der Waals surface area contributed by atoms with Gasteiger partial charge in [-0.1, -0.05) is 30.7 Å². The second-order valence-corrected chi connectivity index (χ2v) is 6.76. The summed E-state index contributed by atoms with van der Waals surface area (Å²) < 4.78 is 13.0. The van der Waals surface area contributed by atoms with E-state index in [0.29, 0.717) is 5.92 Å². The molecule has 3 rings (SSSR count). The zero-order chi connectivity index (χ0) is 13.9. The van der Waals surface area contributed by atoms with Crippen LogP contribution in [0.3, 0.4) is 0 Å². The van der Waals surface area contributed by atoms with E-state index in [0.717, 1.165) is 11.8 Å². The van der Waals surface area contributed by atoms with E-state index < -0.39 is 0 Å². The molecule has 2 aliphatic carbocycles. The minimum atomic E-state index is -0.121. The highest BCUT2D eigenvalue weighted by atomic mass is 19.1. The Morgan fingerprint density at radius 1 is 0.900 bits per heavy atom. The van der Waals surface area contributed by atoms with Gasteiger partial charge in [-0.3, -0.25) is 0 Å². The van der Waals surface area contributed by atoms with Crippen molar-refractivity contribution >= 4 is 0 Å². The summed E-state index contributed by atoms with van der Waals surface area (Å²) in [5, 5.41) is 0. The normalized spacial score (nSPS) is 30.9. The number of benzene rings is 1. The lowest BCUT2D eigenvalue weighted by molar-refractivity contribution is 0.344. The van der Waals surface area contributed by atoms with Gasteiger partial charge in [0.1, 0.15) is 5.82 Å². The summed E-state index contributed by atoms with van der Waals surface area (Å²) in [6.45, 7) is 2.36. The van der Waals surface area contributed by atoms with Crippen molar-refractivity contribution < 1.29 is 4.39 Å². The summed E-state index contributed by atoms with van der Waals surface area (Å²) in [5.41, 5.74) is 3.07. The van der Waals surface area contributed by atoms with Gasteiger partial charge in [0.2, 0.25) is 0 Å². The average Bonchev–Trinajstić information content (AvgIpc) is 2.49. The van der Waals surface area contributed by atoms with Crippen molar-refractivity contribution in [3.05, 3.63) is 47.3 Å². The predicted molar refractivity (Wildman–Crippen MR) is 82.2 cm³/mol. The standard InChI is InChI=1S/C19H25F/c1-14-2-4-15(5-3-14)16-6-8-17(9-7-16)18-10-12-19(20)13-11-18/h4,10-14,16-17H,2-3,5-9H2,1H3. The molecule has 0 aromatic heterocycles. The summed E-state index contributed by atoms with van der Waals surface area (Å²) in [6, 6.07) is 7.16. The van der Waals surface area contributed by atoms with E-state index in [2.05, 4.69) is 13.0 Å². The van der Waals surface area contributed by atoms with Gasteiger partial charge >= 0.3 is 0 Å². The smallest absolute Gasteiger partial charge is 0.123 e. The van der Waals surface area contributed by atoms with Crippen LogP contribution in [-0.4, -0.2) is 0 Å². The summed E-state index contributed by atoms with van der Waals surface area (Å²) in [5.74, 6) is 2.24. The highest BCUT2D eigenvalue weighted by Crippen LogP contribution is 2.41. The topological polar surface area (TPSA) is 0 Å². The van der Waals surface area contributed by atoms with Crippen molar-refractivity contribution in [2.75, 3.05) is 0 Å². The molecule has 0 spiro atoms. The van der Waals surface area contributed by atoms with E-state index in [-0.39, 0.29) is 5.82 Å². The van der Waals surface area contributed by atoms with Crippen LogP contribution in [0.4, 0.5) is 4.39 Å². The molecular weight excluding hydrogens is 247 g/mol. The predicted octanol–water partition coefficient (Wildman–Crippen LogP) is 5.85. The van der Waals surface area contributed by atoms with Gasteiger partial charge < -0.3 is 0 Å². The van der Waals surface area contributed by atoms with Crippen LogP contribution in [0.1, 0.15) is 63.4 Å². The molecule has 1 heteroatoms. The van der Waals surface area contributed by atoms with Gasteiger partial charge in [0, 0.05) is 0 Å². The SMILES string of the molecule is CC1CC=C(C2CCC(c3ccc(F)cc3)CC2)CC1. The Kier molecular flexibility index (Phi) is 4.24. The van der Waals surface area contributed by atoms with Crippen LogP contribution in [0, 0.1) is 17.7 Å². The maximum absolute atomic E-state index is 13.0. The molecular formula is C19H25F. The molecule has 2 aliphatic rings. The van der Waals surface area contributed by atoms with Gasteiger partial charge in [0.05, 0.1) is 0 Å². The van der Waals surface area contributed by atoms with Gasteiger partial charge in [0.25, 0.3) is 0 Å². The maximum Gasteiger partial charge on any atom is 0.123 e. The van der Waals surface area contributed by atoms with Crippen molar-refractivity contribution in [1.29, 1.82) is 0 Å². The van der Waals surface area contributed by atoms with Crippen LogP contribution in [0.15, 0.2) is 35.9 Å². The van der Waals surface area contributed by atoms with Crippen molar-refractivity contribution in [2.24, 2.45) is 11.8 Å². The van der Waals surface area contributed by atoms with Crippen LogP contribution in [0.2, 0.25) is 0 Å². The Morgan fingerprint density at radius 2 is 1.55 bits per heavy atom. The quantitative estimate of drug-likeness (QED) is 0.593. The molecule has 0 aliphatic heterocycles. The van der Waals surface area contributed by atoms with Crippen LogP contribution in [-0.2, 0) is 0 Å². The van der Waals surface area contributed by atoms with E-state index in [4.69, 9.17) is 0 Å². The maximum atomic E-state index is 13.0. The molecule has 0 amide bonds. The molecule has 1 atom stereocenters. The lowest BCUT2D eigenvalue weighted by Gasteiger charge is -2.32. The third kappa shape index (κ3) is 3.13. The molecule has 0 N–H and O–H groups in total. The lowest BCUT2D eigenvalue weighted by Crippen LogP contribution is -2.17. The summed E-state index contributed by atoms with van der Waals surface area (Å²) >= 11 is 0. The average molecular weight is 272 g/mol. The highest BCUT2D eigenvalue weighted by Gasteiger charge is 2.25. The van der Waals surface area contributed by atoms with E-state index in [1.807, 2.05) is 12.1 Å². The van der Waals surface area contributed by atoms with Crippen molar-refractivity contribution in [1.82, 2.24) is 0 Å². The molecule has 0 bridgehead atoms. The Labute approximate surface area is 122 Å². The number of allylic oxidation sites excluding steroid dienone is 2. The van der Waals surface area contributed by atoms with Crippen molar-refractivity contribution in [3.63, 3.8) is 0 Å². The van der Waals surface area contributed by atoms with Gasteiger partial charge in [-0.15, -0.1) is 0 Å². The Morgan fingerprint density at radius 3 is 2.15 bits per heavy atom. The second-order valence-electron chi connectivity index (χ2n) is 6.76. The van der Waals surface area contributed by atoms with Gasteiger partial charge in [-0.05, 0) is 80.4 Å². The molecule has 1 fully saturated rings. The molecule has 0 radical (unpaired) electrons. The second kappa shape index (κ2) is 6.11. The molecule has 1 unspecified atom stereocenters. The fourth-order valence-corrected chi connectivity index (χ4v) is 3.89. The summed E-state index contributed by atoms with van der Waals surface area (Å²) in [6.07, 6.45) is 11.7. The molecule has 1 saturated carbocycles. The number of hydrogen-bond acceptors (Lipinski definition) is 0. The fourth-order valence-electron chi connectivity index (χ4n) is 3.89. The zero-order valence-corrected chi connectivity index (χ0v) is 12.4. The van der Waals surface area contributed by atoms with E-state index in [9.17, 15) is 4.39 Å². The van der Waals surface area contributed by atoms with E-state index in [1.54, 1.807) is 17.7 Å². The van der Waals surface area contributed by atoms with Crippen LogP contribution in [0.5, 0.6) is 0 Å². The Hall–Kier alpha value is -1.11. The van der Waals surface area contributed by atoms with Gasteiger partial charge in [-0.25, -0.2) is 4.39 Å². The molecule has 0 nitrogen and oxygen atoms in total. The molecule has 1 aromatic carbocycles. The first-order chi connectivity index (χ1) is 9.72. The van der Waals surface area contributed by atoms with E-state index >= 15 is 0 Å². The van der Waals surface area contributed by atoms with Crippen LogP contribution in [0.25, 0.3) is 0 Å². The number of rotatable bonds is 2. The fraction of sp³-hybridized carbons (Fsp3) is 0.579. The van der Waals surface area contributed by atoms with Crippen molar-refractivity contribution in [3.8, 4) is 0 Å². The van der Waals surface area contributed by atoms with Crippen LogP contribution >= 0.6 is 0 Å². The van der Waals surface area contributed by atoms with Gasteiger partial charge in [0.15, 0.2) is 0 Å². The Balaban J connectivity index is 1.58. The van der Waals surface area contributed by atoms with E-state index in [1.165, 1.54) is 50.5 Å². The minimum Gasteiger partial charge on any atom is -0.207 e. The van der Waals surface area contributed by atoms with Crippen molar-refractivity contribution in [2.45, 2.75) is 57.8 Å². The largest absolute Gasteiger partial charge is 0.207 e. The third-order valence-electron chi connectivity index (χ3n) is 5.30. The molecule has 0 saturated heterocycles. The molecule has 0 heterocycles. The minimum absolute atomic E-state index is 0.121. The first kappa shape index (κ1) is 13.9. The first-order valence-electron chi connectivity index (χ1n) is 8.17. The zero-order valence-electron chi connectivity index (χ0n) is 12.4. The Bertz CT molecular complexity index is 463. The summed E-state index contributed by atoms with van der Waals surface area (Å²) in [7, 11) is 0.